The van der Waals surface area contributed by atoms with Crippen LogP contribution in [-0.4, -0.2) is 21.8 Å². The second-order valence-corrected chi connectivity index (χ2v) is 6.86. The van der Waals surface area contributed by atoms with Crippen molar-refractivity contribution in [1.82, 2.24) is 9.88 Å². The normalized spacial score (nSPS) is 13.5. The van der Waals surface area contributed by atoms with Gasteiger partial charge >= 0.3 is 0 Å². The maximum Gasteiger partial charge on any atom is 0.223 e. The molecule has 4 nitrogen and oxygen atoms in total. The molecule has 0 aliphatic heterocycles. The highest BCUT2D eigenvalue weighted by molar-refractivity contribution is 5.77. The van der Waals surface area contributed by atoms with Crippen molar-refractivity contribution in [3.63, 3.8) is 0 Å². The van der Waals surface area contributed by atoms with Gasteiger partial charge in [-0.15, -0.1) is 0 Å². The number of benzene rings is 2. The topological polar surface area (TPSA) is 46.3 Å². The van der Waals surface area contributed by atoms with Gasteiger partial charge in [0.05, 0.1) is 6.20 Å². The molecule has 138 valence electrons. The number of oxazole rings is 1. The number of aromatic nitrogens is 1. The number of hydrogen-bond acceptors (Lipinski definition) is 3. The Morgan fingerprint density at radius 1 is 1.11 bits per heavy atom. The van der Waals surface area contributed by atoms with Gasteiger partial charge in [-0.3, -0.25) is 4.79 Å². The predicted octanol–water partition coefficient (Wildman–Crippen LogP) is 4.60. The molecule has 0 atom stereocenters. The average molecular weight is 364 g/mol. The van der Waals surface area contributed by atoms with Gasteiger partial charge in [-0.05, 0) is 42.7 Å². The molecule has 0 unspecified atom stereocenters. The number of amides is 1. The van der Waals surface area contributed by atoms with E-state index >= 15 is 0 Å². The lowest BCUT2D eigenvalue weighted by Crippen LogP contribution is -2.32. The molecule has 3 aromatic rings. The molecule has 0 bridgehead atoms. The molecule has 1 aliphatic carbocycles. The van der Waals surface area contributed by atoms with E-state index in [4.69, 9.17) is 4.42 Å². The van der Waals surface area contributed by atoms with Crippen molar-refractivity contribution in [3.05, 3.63) is 78.1 Å². The standard InChI is InChI=1S/C22H21FN2O2/c23-18-8-6-17(7-9-18)20-14-24-21(27-20)12-13-22(26)25(19-10-11-19)15-16-4-2-1-3-5-16/h1-9,14,19H,10-13,15H2. The maximum atomic E-state index is 13.0. The van der Waals surface area contributed by atoms with Crippen molar-refractivity contribution in [3.8, 4) is 11.3 Å². The Balaban J connectivity index is 1.37. The lowest BCUT2D eigenvalue weighted by Gasteiger charge is -2.22. The number of halogens is 1. The number of nitrogens with zero attached hydrogens (tertiary/aromatic N) is 2. The summed E-state index contributed by atoms with van der Waals surface area (Å²) in [6.07, 6.45) is 4.60. The predicted molar refractivity (Wildman–Crippen MR) is 100 cm³/mol. The zero-order valence-electron chi connectivity index (χ0n) is 15.0. The highest BCUT2D eigenvalue weighted by Gasteiger charge is 2.32. The average Bonchev–Trinajstić information content (AvgIpc) is 3.43. The molecular formula is C22H21FN2O2. The fourth-order valence-electron chi connectivity index (χ4n) is 3.12. The Kier molecular flexibility index (Phi) is 5.01. The number of aryl methyl sites for hydroxylation is 1. The minimum absolute atomic E-state index is 0.128. The second-order valence-electron chi connectivity index (χ2n) is 6.86. The van der Waals surface area contributed by atoms with Crippen LogP contribution in [0.25, 0.3) is 11.3 Å². The van der Waals surface area contributed by atoms with Crippen LogP contribution in [-0.2, 0) is 17.8 Å². The molecule has 1 fully saturated rings. The molecule has 1 saturated carbocycles. The summed E-state index contributed by atoms with van der Waals surface area (Å²) in [6.45, 7) is 0.650. The second kappa shape index (κ2) is 7.74. The molecule has 1 heterocycles. The molecule has 0 radical (unpaired) electrons. The first-order valence-corrected chi connectivity index (χ1v) is 9.23. The fraction of sp³-hybridized carbons (Fsp3) is 0.273. The summed E-state index contributed by atoms with van der Waals surface area (Å²) in [7, 11) is 0. The van der Waals surface area contributed by atoms with E-state index in [-0.39, 0.29) is 11.7 Å². The molecule has 5 heteroatoms. The van der Waals surface area contributed by atoms with Crippen LogP contribution in [0.3, 0.4) is 0 Å². The van der Waals surface area contributed by atoms with Gasteiger partial charge in [0.25, 0.3) is 0 Å². The third-order valence-corrected chi connectivity index (χ3v) is 4.74. The van der Waals surface area contributed by atoms with Crippen molar-refractivity contribution in [1.29, 1.82) is 0 Å². The first-order valence-electron chi connectivity index (χ1n) is 9.23. The monoisotopic (exact) mass is 364 g/mol. The molecule has 0 N–H and O–H groups in total. The summed E-state index contributed by atoms with van der Waals surface area (Å²) in [5.74, 6) is 0.949. The minimum Gasteiger partial charge on any atom is -0.441 e. The van der Waals surface area contributed by atoms with Crippen molar-refractivity contribution >= 4 is 5.91 Å². The lowest BCUT2D eigenvalue weighted by atomic mass is 10.2. The van der Waals surface area contributed by atoms with Gasteiger partial charge in [0, 0.05) is 31.0 Å². The molecule has 1 aliphatic rings. The van der Waals surface area contributed by atoms with Crippen LogP contribution in [0.1, 0.15) is 30.7 Å². The Labute approximate surface area is 157 Å². The number of hydrogen-bond donors (Lipinski definition) is 0. The van der Waals surface area contributed by atoms with E-state index in [0.29, 0.717) is 37.1 Å². The van der Waals surface area contributed by atoms with Crippen LogP contribution in [0.4, 0.5) is 4.39 Å². The van der Waals surface area contributed by atoms with Gasteiger partial charge in [-0.1, -0.05) is 30.3 Å². The van der Waals surface area contributed by atoms with Crippen LogP contribution in [0, 0.1) is 5.82 Å². The highest BCUT2D eigenvalue weighted by atomic mass is 19.1. The SMILES string of the molecule is O=C(CCc1ncc(-c2ccc(F)cc2)o1)N(Cc1ccccc1)C1CC1. The van der Waals surface area contributed by atoms with Gasteiger partial charge in [0.1, 0.15) is 5.82 Å². The Bertz CT molecular complexity index is 902. The zero-order chi connectivity index (χ0) is 18.6. The van der Waals surface area contributed by atoms with Crippen LogP contribution >= 0.6 is 0 Å². The van der Waals surface area contributed by atoms with E-state index in [1.54, 1.807) is 18.3 Å². The van der Waals surface area contributed by atoms with Crippen LogP contribution < -0.4 is 0 Å². The maximum absolute atomic E-state index is 13.0. The molecule has 4 rings (SSSR count). The molecule has 1 aromatic heterocycles. The largest absolute Gasteiger partial charge is 0.441 e. The highest BCUT2D eigenvalue weighted by Crippen LogP contribution is 2.29. The number of carbonyl (C=O) groups excluding carboxylic acids is 1. The quantitative estimate of drug-likeness (QED) is 0.615. The third kappa shape index (κ3) is 4.42. The van der Waals surface area contributed by atoms with Gasteiger partial charge < -0.3 is 9.32 Å². The minimum atomic E-state index is -0.289. The third-order valence-electron chi connectivity index (χ3n) is 4.74. The van der Waals surface area contributed by atoms with Crippen molar-refractivity contribution in [2.45, 2.75) is 38.3 Å². The number of rotatable bonds is 7. The Morgan fingerprint density at radius 3 is 2.56 bits per heavy atom. The van der Waals surface area contributed by atoms with E-state index in [1.807, 2.05) is 35.2 Å². The van der Waals surface area contributed by atoms with Gasteiger partial charge in [0.2, 0.25) is 5.91 Å². The summed E-state index contributed by atoms with van der Waals surface area (Å²) >= 11 is 0. The van der Waals surface area contributed by atoms with Crippen LogP contribution in [0.2, 0.25) is 0 Å². The summed E-state index contributed by atoms with van der Waals surface area (Å²) in [6, 6.07) is 16.5. The molecule has 1 amide bonds. The molecule has 27 heavy (non-hydrogen) atoms. The first-order chi connectivity index (χ1) is 13.2. The van der Waals surface area contributed by atoms with E-state index in [2.05, 4.69) is 4.98 Å². The Hall–Kier alpha value is -2.95. The summed E-state index contributed by atoms with van der Waals surface area (Å²) < 4.78 is 18.8. The van der Waals surface area contributed by atoms with Crippen LogP contribution in [0.5, 0.6) is 0 Å². The van der Waals surface area contributed by atoms with Crippen LogP contribution in [0.15, 0.2) is 65.2 Å². The van der Waals surface area contributed by atoms with Crippen molar-refractivity contribution < 1.29 is 13.6 Å². The molecular weight excluding hydrogens is 343 g/mol. The van der Waals surface area contributed by atoms with Gasteiger partial charge in [0.15, 0.2) is 11.7 Å². The van der Waals surface area contributed by atoms with E-state index in [0.717, 1.165) is 24.0 Å². The molecule has 0 spiro atoms. The number of carbonyl (C=O) groups is 1. The smallest absolute Gasteiger partial charge is 0.223 e. The fourth-order valence-corrected chi connectivity index (χ4v) is 3.12. The first kappa shape index (κ1) is 17.5. The van der Waals surface area contributed by atoms with E-state index < -0.39 is 0 Å². The van der Waals surface area contributed by atoms with E-state index in [9.17, 15) is 9.18 Å². The summed E-state index contributed by atoms with van der Waals surface area (Å²) in [5.41, 5.74) is 1.91. The summed E-state index contributed by atoms with van der Waals surface area (Å²) in [4.78, 5) is 19.0. The van der Waals surface area contributed by atoms with Gasteiger partial charge in [-0.2, -0.15) is 0 Å². The van der Waals surface area contributed by atoms with Crippen molar-refractivity contribution in [2.24, 2.45) is 0 Å². The van der Waals surface area contributed by atoms with E-state index in [1.165, 1.54) is 12.1 Å². The summed E-state index contributed by atoms with van der Waals surface area (Å²) in [5, 5.41) is 0. The lowest BCUT2D eigenvalue weighted by molar-refractivity contribution is -0.132. The zero-order valence-corrected chi connectivity index (χ0v) is 15.0. The van der Waals surface area contributed by atoms with Crippen molar-refractivity contribution in [2.75, 3.05) is 0 Å². The molecule has 2 aromatic carbocycles. The Morgan fingerprint density at radius 2 is 1.85 bits per heavy atom. The van der Waals surface area contributed by atoms with Gasteiger partial charge in [-0.25, -0.2) is 9.37 Å². The molecule has 0 saturated heterocycles.